The van der Waals surface area contributed by atoms with Crippen molar-refractivity contribution in [1.82, 2.24) is 0 Å². The van der Waals surface area contributed by atoms with Crippen molar-refractivity contribution in [3.05, 3.63) is 28.8 Å². The maximum atomic E-state index is 10.7. The SMILES string of the molecule is CCc1cc(C#N)c(CC(=O)O)c(OC)c1. The second-order valence-electron chi connectivity index (χ2n) is 3.36. The molecule has 0 radical (unpaired) electrons. The maximum Gasteiger partial charge on any atom is 0.308 e. The highest BCUT2D eigenvalue weighted by atomic mass is 16.5. The quantitative estimate of drug-likeness (QED) is 0.837. The molecule has 1 aromatic carbocycles. The zero-order chi connectivity index (χ0) is 12.1. The van der Waals surface area contributed by atoms with Gasteiger partial charge >= 0.3 is 5.97 Å². The molecule has 0 saturated heterocycles. The molecule has 1 aromatic rings. The summed E-state index contributed by atoms with van der Waals surface area (Å²) in [6, 6.07) is 5.49. The molecular formula is C12H13NO3. The summed E-state index contributed by atoms with van der Waals surface area (Å²) in [6.07, 6.45) is 0.578. The minimum atomic E-state index is -0.973. The van der Waals surface area contributed by atoms with E-state index in [1.54, 1.807) is 12.1 Å². The minimum Gasteiger partial charge on any atom is -0.496 e. The van der Waals surface area contributed by atoms with Gasteiger partial charge in [0, 0.05) is 5.56 Å². The monoisotopic (exact) mass is 219 g/mol. The average molecular weight is 219 g/mol. The molecule has 0 aromatic heterocycles. The average Bonchev–Trinajstić information content (AvgIpc) is 2.28. The van der Waals surface area contributed by atoms with Crippen LogP contribution in [0, 0.1) is 11.3 Å². The Morgan fingerprint density at radius 3 is 2.69 bits per heavy atom. The third kappa shape index (κ3) is 2.51. The molecule has 0 unspecified atom stereocenters. The number of carboxylic acids is 1. The van der Waals surface area contributed by atoms with Crippen molar-refractivity contribution >= 4 is 5.97 Å². The zero-order valence-corrected chi connectivity index (χ0v) is 9.28. The fraction of sp³-hybridized carbons (Fsp3) is 0.333. The lowest BCUT2D eigenvalue weighted by Gasteiger charge is -2.10. The van der Waals surface area contributed by atoms with Crippen LogP contribution in [0.2, 0.25) is 0 Å². The van der Waals surface area contributed by atoms with Gasteiger partial charge in [0.2, 0.25) is 0 Å². The van der Waals surface area contributed by atoms with E-state index in [1.165, 1.54) is 7.11 Å². The Bertz CT molecular complexity index is 446. The van der Waals surface area contributed by atoms with Gasteiger partial charge in [-0.2, -0.15) is 5.26 Å². The van der Waals surface area contributed by atoms with Crippen LogP contribution in [0.4, 0.5) is 0 Å². The van der Waals surface area contributed by atoms with E-state index in [1.807, 2.05) is 13.0 Å². The number of nitrogens with zero attached hydrogens (tertiary/aromatic N) is 1. The normalized spacial score (nSPS) is 9.56. The molecule has 0 spiro atoms. The summed E-state index contributed by atoms with van der Waals surface area (Å²) in [7, 11) is 1.47. The van der Waals surface area contributed by atoms with Crippen molar-refractivity contribution in [3.8, 4) is 11.8 Å². The highest BCUT2D eigenvalue weighted by Crippen LogP contribution is 2.25. The predicted octanol–water partition coefficient (Wildman–Crippen LogP) is 1.76. The molecule has 0 heterocycles. The van der Waals surface area contributed by atoms with Crippen molar-refractivity contribution in [2.45, 2.75) is 19.8 Å². The molecule has 0 bridgehead atoms. The first-order valence-corrected chi connectivity index (χ1v) is 4.94. The number of aliphatic carboxylic acids is 1. The molecule has 0 aliphatic rings. The van der Waals surface area contributed by atoms with Gasteiger partial charge in [0.25, 0.3) is 0 Å². The Morgan fingerprint density at radius 2 is 2.25 bits per heavy atom. The number of hydrogen-bond acceptors (Lipinski definition) is 3. The Kier molecular flexibility index (Phi) is 3.90. The van der Waals surface area contributed by atoms with E-state index in [4.69, 9.17) is 15.1 Å². The van der Waals surface area contributed by atoms with Crippen molar-refractivity contribution in [3.63, 3.8) is 0 Å². The van der Waals surface area contributed by atoms with E-state index in [-0.39, 0.29) is 6.42 Å². The molecule has 0 atom stereocenters. The first-order chi connectivity index (χ1) is 7.62. The fourth-order valence-electron chi connectivity index (χ4n) is 1.52. The molecule has 0 fully saturated rings. The van der Waals surface area contributed by atoms with E-state index >= 15 is 0 Å². The van der Waals surface area contributed by atoms with Crippen LogP contribution in [0.5, 0.6) is 5.75 Å². The van der Waals surface area contributed by atoms with E-state index in [2.05, 4.69) is 0 Å². The number of benzene rings is 1. The number of rotatable bonds is 4. The first-order valence-electron chi connectivity index (χ1n) is 4.94. The summed E-state index contributed by atoms with van der Waals surface area (Å²) in [5, 5.41) is 17.7. The van der Waals surface area contributed by atoms with Crippen LogP contribution < -0.4 is 4.74 Å². The Labute approximate surface area is 94.1 Å². The van der Waals surface area contributed by atoms with Crippen LogP contribution in [0.15, 0.2) is 12.1 Å². The van der Waals surface area contributed by atoms with Gasteiger partial charge < -0.3 is 9.84 Å². The second kappa shape index (κ2) is 5.17. The number of carbonyl (C=O) groups is 1. The summed E-state index contributed by atoms with van der Waals surface area (Å²) in [4.78, 5) is 10.7. The lowest BCUT2D eigenvalue weighted by atomic mass is 10.00. The molecule has 84 valence electrons. The third-order valence-corrected chi connectivity index (χ3v) is 2.35. The number of nitriles is 1. The van der Waals surface area contributed by atoms with Crippen molar-refractivity contribution in [2.75, 3.05) is 7.11 Å². The van der Waals surface area contributed by atoms with Crippen LogP contribution in [-0.4, -0.2) is 18.2 Å². The van der Waals surface area contributed by atoms with Gasteiger partial charge in [-0.25, -0.2) is 0 Å². The lowest BCUT2D eigenvalue weighted by molar-refractivity contribution is -0.136. The molecule has 0 aliphatic heterocycles. The van der Waals surface area contributed by atoms with Crippen LogP contribution in [0.1, 0.15) is 23.6 Å². The summed E-state index contributed by atoms with van der Waals surface area (Å²) in [6.45, 7) is 1.97. The summed E-state index contributed by atoms with van der Waals surface area (Å²) < 4.78 is 5.12. The fourth-order valence-corrected chi connectivity index (χ4v) is 1.52. The molecule has 1 rings (SSSR count). The van der Waals surface area contributed by atoms with Crippen LogP contribution >= 0.6 is 0 Å². The van der Waals surface area contributed by atoms with Gasteiger partial charge in [0.05, 0.1) is 25.2 Å². The molecule has 16 heavy (non-hydrogen) atoms. The van der Waals surface area contributed by atoms with Crippen LogP contribution in [0.3, 0.4) is 0 Å². The second-order valence-corrected chi connectivity index (χ2v) is 3.36. The van der Waals surface area contributed by atoms with E-state index in [0.717, 1.165) is 12.0 Å². The molecule has 4 heteroatoms. The van der Waals surface area contributed by atoms with Gasteiger partial charge in [0.1, 0.15) is 5.75 Å². The highest BCUT2D eigenvalue weighted by molar-refractivity contribution is 5.73. The number of methoxy groups -OCH3 is 1. The lowest BCUT2D eigenvalue weighted by Crippen LogP contribution is -2.05. The molecule has 0 aliphatic carbocycles. The van der Waals surface area contributed by atoms with Crippen molar-refractivity contribution in [2.24, 2.45) is 0 Å². The number of aryl methyl sites for hydroxylation is 1. The smallest absolute Gasteiger partial charge is 0.308 e. The number of hydrogen-bond donors (Lipinski definition) is 1. The zero-order valence-electron chi connectivity index (χ0n) is 9.28. The van der Waals surface area contributed by atoms with Gasteiger partial charge in [-0.15, -0.1) is 0 Å². The Hall–Kier alpha value is -2.02. The molecular weight excluding hydrogens is 206 g/mol. The van der Waals surface area contributed by atoms with Crippen LogP contribution in [-0.2, 0) is 17.6 Å². The largest absolute Gasteiger partial charge is 0.496 e. The summed E-state index contributed by atoms with van der Waals surface area (Å²) >= 11 is 0. The topological polar surface area (TPSA) is 70.3 Å². The molecule has 1 N–H and O–H groups in total. The van der Waals surface area contributed by atoms with E-state index in [0.29, 0.717) is 16.9 Å². The maximum absolute atomic E-state index is 10.7. The predicted molar refractivity (Wildman–Crippen MR) is 58.4 cm³/mol. The highest BCUT2D eigenvalue weighted by Gasteiger charge is 2.14. The summed E-state index contributed by atoms with van der Waals surface area (Å²) in [5.41, 5.74) is 1.77. The van der Waals surface area contributed by atoms with Gasteiger partial charge in [-0.1, -0.05) is 6.92 Å². The van der Waals surface area contributed by atoms with Crippen molar-refractivity contribution in [1.29, 1.82) is 5.26 Å². The summed E-state index contributed by atoms with van der Waals surface area (Å²) in [5.74, 6) is -0.502. The van der Waals surface area contributed by atoms with Gasteiger partial charge in [-0.3, -0.25) is 4.79 Å². The molecule has 4 nitrogen and oxygen atoms in total. The standard InChI is InChI=1S/C12H13NO3/c1-3-8-4-9(7-13)10(6-12(14)15)11(5-8)16-2/h4-5H,3,6H2,1-2H3,(H,14,15). The Balaban J connectivity index is 3.32. The Morgan fingerprint density at radius 1 is 1.56 bits per heavy atom. The van der Waals surface area contributed by atoms with Gasteiger partial charge in [0.15, 0.2) is 0 Å². The first kappa shape index (κ1) is 12.1. The number of ether oxygens (including phenoxy) is 1. The van der Waals surface area contributed by atoms with Crippen LogP contribution in [0.25, 0.3) is 0 Å². The number of carboxylic acid groups (broad SMARTS) is 1. The van der Waals surface area contributed by atoms with E-state index in [9.17, 15) is 4.79 Å². The van der Waals surface area contributed by atoms with Gasteiger partial charge in [-0.05, 0) is 24.1 Å². The molecule has 0 saturated carbocycles. The van der Waals surface area contributed by atoms with E-state index < -0.39 is 5.97 Å². The molecule has 0 amide bonds. The van der Waals surface area contributed by atoms with Crippen molar-refractivity contribution < 1.29 is 14.6 Å². The third-order valence-electron chi connectivity index (χ3n) is 2.35. The minimum absolute atomic E-state index is 0.198.